The van der Waals surface area contributed by atoms with Gasteiger partial charge in [-0.2, -0.15) is 0 Å². The highest BCUT2D eigenvalue weighted by Gasteiger charge is 2.58. The van der Waals surface area contributed by atoms with E-state index in [2.05, 4.69) is 5.32 Å². The van der Waals surface area contributed by atoms with Crippen molar-refractivity contribution in [2.45, 2.75) is 24.4 Å². The van der Waals surface area contributed by atoms with Crippen LogP contribution in [-0.4, -0.2) is 68.0 Å². The molecule has 1 saturated heterocycles. The lowest BCUT2D eigenvalue weighted by atomic mass is 9.92. The second kappa shape index (κ2) is 8.34. The number of primary amides is 1. The molecule has 1 fully saturated rings. The molecule has 0 spiro atoms. The number of thioether (sulfide) groups is 1. The van der Waals surface area contributed by atoms with E-state index in [4.69, 9.17) is 15.6 Å². The van der Waals surface area contributed by atoms with Crippen LogP contribution in [0.1, 0.15) is 17.3 Å². The third-order valence-electron chi connectivity index (χ3n) is 4.63. The van der Waals surface area contributed by atoms with Gasteiger partial charge in [0.1, 0.15) is 17.2 Å². The van der Waals surface area contributed by atoms with Gasteiger partial charge in [0, 0.05) is 5.56 Å². The molecule has 2 aliphatic heterocycles. The maximum atomic E-state index is 12.2. The number of nitrogens with zero attached hydrogens (tertiary/aromatic N) is 1. The van der Waals surface area contributed by atoms with Gasteiger partial charge >= 0.3 is 5.97 Å². The molecule has 1 unspecified atom stereocenters. The SMILES string of the molecule is C[C@@H](O)[C@H]1C(=O)N2C(C(=O)O)=C(Oc3ccc(C(=O)NC(CO)C(N)=O)cc3)S[C@H]12. The number of aliphatic carboxylic acids is 1. The number of ether oxygens (including phenoxy) is 1. The predicted molar refractivity (Wildman–Crippen MR) is 103 cm³/mol. The molecule has 1 aromatic rings. The molecular formula is C18H19N3O8S. The minimum absolute atomic E-state index is 0.00438. The third-order valence-corrected chi connectivity index (χ3v) is 5.86. The molecule has 2 aliphatic rings. The number of nitrogens with two attached hydrogens (primary N) is 1. The minimum Gasteiger partial charge on any atom is -0.476 e. The van der Waals surface area contributed by atoms with Crippen LogP contribution >= 0.6 is 11.8 Å². The highest BCUT2D eigenvalue weighted by Crippen LogP contribution is 2.50. The highest BCUT2D eigenvalue weighted by atomic mass is 32.2. The van der Waals surface area contributed by atoms with Gasteiger partial charge in [0.05, 0.1) is 18.6 Å². The maximum absolute atomic E-state index is 12.2. The summed E-state index contributed by atoms with van der Waals surface area (Å²) in [5, 5.41) is 30.0. The minimum atomic E-state index is -1.34. The average molecular weight is 437 g/mol. The molecule has 160 valence electrons. The molecule has 1 aromatic carbocycles. The van der Waals surface area contributed by atoms with E-state index in [0.29, 0.717) is 0 Å². The van der Waals surface area contributed by atoms with Gasteiger partial charge in [-0.25, -0.2) is 4.79 Å². The first kappa shape index (κ1) is 21.6. The number of hydrogen-bond donors (Lipinski definition) is 5. The van der Waals surface area contributed by atoms with Crippen LogP contribution in [0.3, 0.4) is 0 Å². The lowest BCUT2D eigenvalue weighted by Crippen LogP contribution is -2.60. The summed E-state index contributed by atoms with van der Waals surface area (Å²) in [5.41, 5.74) is 4.91. The number of carbonyl (C=O) groups is 4. The zero-order valence-electron chi connectivity index (χ0n) is 15.6. The Labute approximate surface area is 174 Å². The monoisotopic (exact) mass is 437 g/mol. The Hall–Kier alpha value is -3.09. The normalized spacial score (nSPS) is 22.1. The van der Waals surface area contributed by atoms with E-state index < -0.39 is 53.7 Å². The van der Waals surface area contributed by atoms with Crippen molar-refractivity contribution in [3.8, 4) is 5.75 Å². The Balaban J connectivity index is 1.74. The number of aliphatic hydroxyl groups is 2. The lowest BCUT2D eigenvalue weighted by Gasteiger charge is -2.43. The van der Waals surface area contributed by atoms with Crippen molar-refractivity contribution in [3.05, 3.63) is 40.6 Å². The highest BCUT2D eigenvalue weighted by molar-refractivity contribution is 8.03. The van der Waals surface area contributed by atoms with Crippen LogP contribution in [0.2, 0.25) is 0 Å². The van der Waals surface area contributed by atoms with Crippen molar-refractivity contribution in [2.75, 3.05) is 6.61 Å². The fourth-order valence-corrected chi connectivity index (χ4v) is 4.52. The molecule has 4 atom stereocenters. The number of carbonyl (C=O) groups excluding carboxylic acids is 3. The van der Waals surface area contributed by atoms with E-state index in [9.17, 15) is 29.4 Å². The fourth-order valence-electron chi connectivity index (χ4n) is 3.05. The van der Waals surface area contributed by atoms with Crippen molar-refractivity contribution in [2.24, 2.45) is 11.7 Å². The summed E-state index contributed by atoms with van der Waals surface area (Å²) < 4.78 is 5.62. The number of rotatable bonds is 8. The van der Waals surface area contributed by atoms with Gasteiger partial charge in [-0.05, 0) is 31.2 Å². The van der Waals surface area contributed by atoms with Gasteiger partial charge in [0.15, 0.2) is 10.8 Å². The smallest absolute Gasteiger partial charge is 0.357 e. The molecule has 0 aromatic heterocycles. The second-order valence-electron chi connectivity index (χ2n) is 6.66. The largest absolute Gasteiger partial charge is 0.476 e. The Morgan fingerprint density at radius 1 is 1.30 bits per heavy atom. The number of fused-ring (bicyclic) bond motifs is 1. The molecular weight excluding hydrogens is 418 g/mol. The van der Waals surface area contributed by atoms with Gasteiger partial charge in [-0.1, -0.05) is 11.8 Å². The Kier molecular flexibility index (Phi) is 6.01. The van der Waals surface area contributed by atoms with Crippen molar-refractivity contribution in [1.29, 1.82) is 0 Å². The third kappa shape index (κ3) is 3.84. The average Bonchev–Trinajstić information content (AvgIpc) is 3.00. The van der Waals surface area contributed by atoms with Crippen LogP contribution in [0.5, 0.6) is 5.75 Å². The van der Waals surface area contributed by atoms with Crippen LogP contribution in [-0.2, 0) is 14.4 Å². The zero-order valence-corrected chi connectivity index (χ0v) is 16.5. The summed E-state index contributed by atoms with van der Waals surface area (Å²) in [6.07, 6.45) is -0.929. The molecule has 3 amide bonds. The molecule has 3 rings (SSSR count). The number of benzene rings is 1. The Morgan fingerprint density at radius 3 is 2.43 bits per heavy atom. The van der Waals surface area contributed by atoms with E-state index in [1.165, 1.54) is 31.2 Å². The topological polar surface area (TPSA) is 179 Å². The van der Waals surface area contributed by atoms with Crippen molar-refractivity contribution < 1.29 is 39.2 Å². The quantitative estimate of drug-likeness (QED) is 0.312. The van der Waals surface area contributed by atoms with E-state index in [1.54, 1.807) is 0 Å². The number of hydrogen-bond acceptors (Lipinski definition) is 8. The van der Waals surface area contributed by atoms with Crippen molar-refractivity contribution >= 4 is 35.5 Å². The van der Waals surface area contributed by atoms with Crippen LogP contribution < -0.4 is 15.8 Å². The van der Waals surface area contributed by atoms with Crippen molar-refractivity contribution in [3.63, 3.8) is 0 Å². The summed E-state index contributed by atoms with van der Waals surface area (Å²) in [6, 6.07) is 4.34. The van der Waals surface area contributed by atoms with Gasteiger partial charge in [-0.3, -0.25) is 19.3 Å². The molecule has 0 bridgehead atoms. The summed E-state index contributed by atoms with van der Waals surface area (Å²) in [7, 11) is 0. The maximum Gasteiger partial charge on any atom is 0.357 e. The number of carboxylic acids is 1. The van der Waals surface area contributed by atoms with Gasteiger partial charge in [0.25, 0.3) is 5.91 Å². The Morgan fingerprint density at radius 2 is 1.93 bits per heavy atom. The lowest BCUT2D eigenvalue weighted by molar-refractivity contribution is -0.156. The summed E-state index contributed by atoms with van der Waals surface area (Å²) >= 11 is 1.02. The first-order valence-corrected chi connectivity index (χ1v) is 9.68. The molecule has 30 heavy (non-hydrogen) atoms. The van der Waals surface area contributed by atoms with E-state index in [0.717, 1.165) is 16.7 Å². The predicted octanol–water partition coefficient (Wildman–Crippen LogP) is -1.19. The van der Waals surface area contributed by atoms with Gasteiger partial charge in [0.2, 0.25) is 11.8 Å². The van der Waals surface area contributed by atoms with Crippen molar-refractivity contribution in [1.82, 2.24) is 10.2 Å². The molecule has 11 nitrogen and oxygen atoms in total. The van der Waals surface area contributed by atoms with E-state index in [1.807, 2.05) is 0 Å². The van der Waals surface area contributed by atoms with Crippen LogP contribution in [0.25, 0.3) is 0 Å². The van der Waals surface area contributed by atoms with Crippen LogP contribution in [0, 0.1) is 5.92 Å². The molecule has 0 saturated carbocycles. The first-order chi connectivity index (χ1) is 14.1. The summed E-state index contributed by atoms with van der Waals surface area (Å²) in [4.78, 5) is 48.1. The van der Waals surface area contributed by atoms with E-state index >= 15 is 0 Å². The standard InChI is InChI=1S/C18H19N3O8S/c1-7(23)11-15(26)21-12(17(27)28)18(30-16(11)21)29-9-4-2-8(3-5-9)14(25)20-10(6-22)13(19)24/h2-5,7,10-11,16,22-23H,6H2,1H3,(H2,19,24)(H,20,25)(H,27,28)/t7-,10?,11+,16-/m1/s1. The number of β-lactam (4-membered cyclic amide) rings is 1. The number of amides is 3. The van der Waals surface area contributed by atoms with Crippen LogP contribution in [0.4, 0.5) is 0 Å². The number of carboxylic acid groups (broad SMARTS) is 1. The van der Waals surface area contributed by atoms with Crippen LogP contribution in [0.15, 0.2) is 35.1 Å². The number of aliphatic hydroxyl groups excluding tert-OH is 2. The number of nitrogens with one attached hydrogen (secondary N) is 1. The zero-order chi connectivity index (χ0) is 22.2. The molecule has 6 N–H and O–H groups in total. The molecule has 2 heterocycles. The Bertz CT molecular complexity index is 930. The fraction of sp³-hybridized carbons (Fsp3) is 0.333. The molecule has 12 heteroatoms. The van der Waals surface area contributed by atoms with Gasteiger partial charge in [-0.15, -0.1) is 0 Å². The molecule has 0 aliphatic carbocycles. The first-order valence-electron chi connectivity index (χ1n) is 8.80. The van der Waals surface area contributed by atoms with Gasteiger partial charge < -0.3 is 31.1 Å². The second-order valence-corrected chi connectivity index (χ2v) is 7.75. The summed E-state index contributed by atoms with van der Waals surface area (Å²) in [5.74, 6) is -3.86. The molecule has 0 radical (unpaired) electrons. The van der Waals surface area contributed by atoms with E-state index in [-0.39, 0.29) is 22.1 Å². The summed E-state index contributed by atoms with van der Waals surface area (Å²) in [6.45, 7) is 0.818.